The van der Waals surface area contributed by atoms with Gasteiger partial charge < -0.3 is 4.90 Å². The van der Waals surface area contributed by atoms with Gasteiger partial charge in [-0.3, -0.25) is 4.72 Å². The van der Waals surface area contributed by atoms with Crippen LogP contribution in [0.4, 0.5) is 5.69 Å². The van der Waals surface area contributed by atoms with Gasteiger partial charge in [0.25, 0.3) is 10.0 Å². The number of anilines is 1. The first-order valence-corrected chi connectivity index (χ1v) is 13.0. The van der Waals surface area contributed by atoms with Crippen molar-refractivity contribution in [2.75, 3.05) is 24.4 Å². The molecule has 1 saturated carbocycles. The van der Waals surface area contributed by atoms with Crippen LogP contribution in [0.2, 0.25) is 0 Å². The SMILES string of the molecule is CCCCCCN1CC2C(C1)C2(C)c1cccc(NS(=O)(=O)c2cccc3nonc23)c1. The number of rotatable bonds is 9. The van der Waals surface area contributed by atoms with Crippen molar-refractivity contribution in [2.45, 2.75) is 49.8 Å². The maximum atomic E-state index is 13.0. The monoisotopic (exact) mass is 454 g/mol. The van der Waals surface area contributed by atoms with E-state index >= 15 is 0 Å². The van der Waals surface area contributed by atoms with Gasteiger partial charge in [-0.05, 0) is 64.9 Å². The quantitative estimate of drug-likeness (QED) is 0.482. The summed E-state index contributed by atoms with van der Waals surface area (Å²) in [6.07, 6.45) is 5.20. The van der Waals surface area contributed by atoms with E-state index in [0.717, 1.165) is 13.1 Å². The zero-order chi connectivity index (χ0) is 22.3. The molecule has 0 spiro atoms. The molecular formula is C24H30N4O3S. The second-order valence-corrected chi connectivity index (χ2v) is 11.0. The first kappa shape index (κ1) is 21.4. The lowest BCUT2D eigenvalue weighted by atomic mass is 9.92. The van der Waals surface area contributed by atoms with Crippen molar-refractivity contribution >= 4 is 26.7 Å². The van der Waals surface area contributed by atoms with Crippen molar-refractivity contribution in [3.63, 3.8) is 0 Å². The summed E-state index contributed by atoms with van der Waals surface area (Å²) in [6, 6.07) is 12.7. The molecule has 1 N–H and O–H groups in total. The van der Waals surface area contributed by atoms with Crippen LogP contribution < -0.4 is 4.72 Å². The molecule has 3 aromatic rings. The number of benzene rings is 2. The van der Waals surface area contributed by atoms with Gasteiger partial charge in [0.15, 0.2) is 5.52 Å². The van der Waals surface area contributed by atoms with Gasteiger partial charge in [0.05, 0.1) is 0 Å². The minimum Gasteiger partial charge on any atom is -0.303 e. The number of likely N-dealkylation sites (tertiary alicyclic amines) is 1. The molecule has 0 bridgehead atoms. The maximum Gasteiger partial charge on any atom is 0.264 e. The summed E-state index contributed by atoms with van der Waals surface area (Å²) in [6.45, 7) is 8.06. The van der Waals surface area contributed by atoms with Crippen LogP contribution in [0.3, 0.4) is 0 Å². The Bertz CT molecular complexity index is 1210. The molecule has 0 radical (unpaired) electrons. The van der Waals surface area contributed by atoms with E-state index in [1.54, 1.807) is 18.2 Å². The fraction of sp³-hybridized carbons (Fsp3) is 0.500. The van der Waals surface area contributed by atoms with Gasteiger partial charge in [0, 0.05) is 24.2 Å². The molecule has 7 nitrogen and oxygen atoms in total. The Hall–Kier alpha value is -2.45. The van der Waals surface area contributed by atoms with Crippen molar-refractivity contribution in [1.82, 2.24) is 15.2 Å². The highest BCUT2D eigenvalue weighted by Crippen LogP contribution is 2.63. The van der Waals surface area contributed by atoms with Gasteiger partial charge in [-0.2, -0.15) is 0 Å². The number of aromatic nitrogens is 2. The summed E-state index contributed by atoms with van der Waals surface area (Å²) in [5, 5.41) is 7.50. The topological polar surface area (TPSA) is 88.3 Å². The zero-order valence-corrected chi connectivity index (χ0v) is 19.4. The average molecular weight is 455 g/mol. The number of fused-ring (bicyclic) bond motifs is 2. The largest absolute Gasteiger partial charge is 0.303 e. The molecule has 2 fully saturated rings. The molecule has 2 atom stereocenters. The van der Waals surface area contributed by atoms with Crippen molar-refractivity contribution in [1.29, 1.82) is 0 Å². The standard InChI is InChI=1S/C24H30N4O3S/c1-3-4-5-6-13-28-15-19-20(16-28)24(19,2)17-9-7-10-18(14-17)27-32(29,30)22-12-8-11-21-23(22)26-31-25-21/h7-12,14,19-20,27H,3-6,13,15-16H2,1-2H3. The molecule has 2 unspecified atom stereocenters. The minimum atomic E-state index is -3.81. The van der Waals surface area contributed by atoms with Crippen molar-refractivity contribution in [3.05, 3.63) is 48.0 Å². The molecule has 2 aromatic carbocycles. The second kappa shape index (κ2) is 8.15. The highest BCUT2D eigenvalue weighted by molar-refractivity contribution is 7.93. The summed E-state index contributed by atoms with van der Waals surface area (Å²) < 4.78 is 33.5. The zero-order valence-electron chi connectivity index (χ0n) is 18.6. The molecule has 32 heavy (non-hydrogen) atoms. The number of nitrogens with zero attached hydrogens (tertiary/aromatic N) is 3. The molecule has 1 aromatic heterocycles. The number of hydrogen-bond acceptors (Lipinski definition) is 6. The van der Waals surface area contributed by atoms with E-state index < -0.39 is 10.0 Å². The van der Waals surface area contributed by atoms with Crippen molar-refractivity contribution < 1.29 is 13.0 Å². The second-order valence-electron chi connectivity index (χ2n) is 9.39. The number of piperidine rings is 1. The summed E-state index contributed by atoms with van der Waals surface area (Å²) in [7, 11) is -3.81. The van der Waals surface area contributed by atoms with E-state index in [-0.39, 0.29) is 15.8 Å². The molecule has 2 heterocycles. The Balaban J connectivity index is 1.29. The lowest BCUT2D eigenvalue weighted by molar-refractivity contribution is 0.271. The number of sulfonamides is 1. The normalized spacial score (nSPS) is 25.2. The van der Waals surface area contributed by atoms with E-state index in [9.17, 15) is 8.42 Å². The number of hydrogen-bond donors (Lipinski definition) is 1. The van der Waals surface area contributed by atoms with E-state index in [4.69, 9.17) is 4.63 Å². The Morgan fingerprint density at radius 3 is 2.66 bits per heavy atom. The van der Waals surface area contributed by atoms with Gasteiger partial charge in [-0.15, -0.1) is 0 Å². The van der Waals surface area contributed by atoms with Crippen LogP contribution in [0.25, 0.3) is 11.0 Å². The Morgan fingerprint density at radius 1 is 1.09 bits per heavy atom. The lowest BCUT2D eigenvalue weighted by Crippen LogP contribution is -2.30. The highest BCUT2D eigenvalue weighted by atomic mass is 32.2. The van der Waals surface area contributed by atoms with Gasteiger partial charge in [-0.25, -0.2) is 13.0 Å². The fourth-order valence-corrected chi connectivity index (χ4v) is 6.66. The predicted octanol–water partition coefficient (Wildman–Crippen LogP) is 4.42. The molecule has 1 aliphatic heterocycles. The summed E-state index contributed by atoms with van der Waals surface area (Å²) in [5.41, 5.74) is 2.55. The van der Waals surface area contributed by atoms with Crippen LogP contribution in [-0.2, 0) is 15.4 Å². The van der Waals surface area contributed by atoms with E-state index in [1.165, 1.54) is 43.9 Å². The third kappa shape index (κ3) is 3.69. The maximum absolute atomic E-state index is 13.0. The average Bonchev–Trinajstić information content (AvgIpc) is 3.19. The summed E-state index contributed by atoms with van der Waals surface area (Å²) >= 11 is 0. The molecule has 170 valence electrons. The smallest absolute Gasteiger partial charge is 0.264 e. The van der Waals surface area contributed by atoms with E-state index in [1.807, 2.05) is 12.1 Å². The van der Waals surface area contributed by atoms with Crippen LogP contribution in [0.5, 0.6) is 0 Å². The molecule has 2 aliphatic rings. The number of nitrogens with one attached hydrogen (secondary N) is 1. The molecule has 1 aliphatic carbocycles. The van der Waals surface area contributed by atoms with E-state index in [0.29, 0.717) is 23.0 Å². The summed E-state index contributed by atoms with van der Waals surface area (Å²) in [5.74, 6) is 1.30. The summed E-state index contributed by atoms with van der Waals surface area (Å²) in [4.78, 5) is 2.67. The van der Waals surface area contributed by atoms with Crippen LogP contribution in [0.15, 0.2) is 52.0 Å². The van der Waals surface area contributed by atoms with Crippen LogP contribution in [-0.4, -0.2) is 43.3 Å². The molecular weight excluding hydrogens is 424 g/mol. The predicted molar refractivity (Wildman–Crippen MR) is 124 cm³/mol. The molecule has 5 rings (SSSR count). The first-order valence-electron chi connectivity index (χ1n) is 11.5. The minimum absolute atomic E-state index is 0.0647. The van der Waals surface area contributed by atoms with Gasteiger partial charge in [-0.1, -0.05) is 51.3 Å². The molecule has 1 saturated heterocycles. The Kier molecular flexibility index (Phi) is 5.45. The Labute approximate surface area is 189 Å². The molecule has 8 heteroatoms. The van der Waals surface area contributed by atoms with Gasteiger partial charge in [0.2, 0.25) is 0 Å². The van der Waals surface area contributed by atoms with E-state index in [2.05, 4.69) is 39.8 Å². The fourth-order valence-electron chi connectivity index (χ4n) is 5.46. The van der Waals surface area contributed by atoms with Crippen molar-refractivity contribution in [2.24, 2.45) is 11.8 Å². The van der Waals surface area contributed by atoms with Crippen LogP contribution in [0, 0.1) is 11.8 Å². The van der Waals surface area contributed by atoms with Gasteiger partial charge >= 0.3 is 0 Å². The first-order chi connectivity index (χ1) is 15.4. The van der Waals surface area contributed by atoms with Crippen molar-refractivity contribution in [3.8, 4) is 0 Å². The third-order valence-corrected chi connectivity index (χ3v) is 8.84. The van der Waals surface area contributed by atoms with Crippen LogP contribution >= 0.6 is 0 Å². The lowest BCUT2D eigenvalue weighted by Gasteiger charge is -2.24. The Morgan fingerprint density at radius 2 is 1.88 bits per heavy atom. The van der Waals surface area contributed by atoms with Crippen LogP contribution in [0.1, 0.15) is 45.1 Å². The highest BCUT2D eigenvalue weighted by Gasteiger charge is 2.65. The van der Waals surface area contributed by atoms with Gasteiger partial charge in [0.1, 0.15) is 10.4 Å². The number of unbranched alkanes of at least 4 members (excludes halogenated alkanes) is 3. The molecule has 0 amide bonds. The third-order valence-electron chi connectivity index (χ3n) is 7.43.